The summed E-state index contributed by atoms with van der Waals surface area (Å²) >= 11 is 2.14. The summed E-state index contributed by atoms with van der Waals surface area (Å²) in [5.74, 6) is -1.29. The number of nitrogens with one attached hydrogen (secondary N) is 1. The molecule has 1 N–H and O–H groups in total. The molecular formula is C16H12F2INO4. The van der Waals surface area contributed by atoms with Gasteiger partial charge in [-0.3, -0.25) is 4.79 Å². The number of anilines is 1. The lowest BCUT2D eigenvalue weighted by Gasteiger charge is -2.08. The van der Waals surface area contributed by atoms with Crippen molar-refractivity contribution in [2.45, 2.75) is 6.61 Å². The molecule has 0 saturated heterocycles. The zero-order valence-electron chi connectivity index (χ0n) is 12.2. The van der Waals surface area contributed by atoms with Crippen LogP contribution in [0.15, 0.2) is 48.5 Å². The first kappa shape index (κ1) is 18.1. The fourth-order valence-corrected chi connectivity index (χ4v) is 2.08. The Kier molecular flexibility index (Phi) is 6.47. The molecule has 0 aliphatic heterocycles. The van der Waals surface area contributed by atoms with Crippen LogP contribution in [0.2, 0.25) is 0 Å². The number of esters is 1. The Hall–Kier alpha value is -2.23. The highest BCUT2D eigenvalue weighted by Gasteiger charge is 2.11. The first-order valence-corrected chi connectivity index (χ1v) is 7.79. The molecule has 0 aliphatic rings. The lowest BCUT2D eigenvalue weighted by Crippen LogP contribution is -2.20. The van der Waals surface area contributed by atoms with Gasteiger partial charge < -0.3 is 14.8 Å². The van der Waals surface area contributed by atoms with Crippen molar-refractivity contribution in [3.63, 3.8) is 0 Å². The Morgan fingerprint density at radius 1 is 1.04 bits per heavy atom. The van der Waals surface area contributed by atoms with Gasteiger partial charge in [0.2, 0.25) is 0 Å². The Balaban J connectivity index is 1.83. The molecule has 2 aromatic carbocycles. The van der Waals surface area contributed by atoms with Crippen LogP contribution in [-0.2, 0) is 9.53 Å². The van der Waals surface area contributed by atoms with E-state index in [0.717, 1.165) is 3.57 Å². The molecule has 0 atom stereocenters. The van der Waals surface area contributed by atoms with Crippen molar-refractivity contribution >= 4 is 40.2 Å². The highest BCUT2D eigenvalue weighted by molar-refractivity contribution is 14.1. The average molecular weight is 447 g/mol. The van der Waals surface area contributed by atoms with Gasteiger partial charge in [0.1, 0.15) is 5.75 Å². The maximum absolute atomic E-state index is 12.0. The molecule has 0 aromatic heterocycles. The van der Waals surface area contributed by atoms with E-state index in [-0.39, 0.29) is 11.3 Å². The predicted molar refractivity (Wildman–Crippen MR) is 91.1 cm³/mol. The second kappa shape index (κ2) is 8.57. The third kappa shape index (κ3) is 5.76. The SMILES string of the molecule is O=C(COC(=O)c1ccc(OC(F)F)cc1)Nc1ccc(I)cc1. The van der Waals surface area contributed by atoms with E-state index in [1.165, 1.54) is 24.3 Å². The zero-order valence-corrected chi connectivity index (χ0v) is 14.3. The molecule has 0 unspecified atom stereocenters. The molecule has 8 heteroatoms. The van der Waals surface area contributed by atoms with Gasteiger partial charge in [-0.15, -0.1) is 0 Å². The summed E-state index contributed by atoms with van der Waals surface area (Å²) in [7, 11) is 0. The summed E-state index contributed by atoms with van der Waals surface area (Å²) in [5, 5.41) is 2.58. The molecule has 0 bridgehead atoms. The van der Waals surface area contributed by atoms with E-state index in [9.17, 15) is 18.4 Å². The molecule has 0 radical (unpaired) electrons. The molecule has 24 heavy (non-hydrogen) atoms. The molecule has 2 rings (SSSR count). The number of benzene rings is 2. The Morgan fingerprint density at radius 2 is 1.67 bits per heavy atom. The van der Waals surface area contributed by atoms with Crippen LogP contribution >= 0.6 is 22.6 Å². The van der Waals surface area contributed by atoms with E-state index in [1.807, 2.05) is 12.1 Å². The second-order valence-electron chi connectivity index (χ2n) is 4.53. The summed E-state index contributed by atoms with van der Waals surface area (Å²) in [5.41, 5.74) is 0.712. The van der Waals surface area contributed by atoms with Crippen molar-refractivity contribution in [1.82, 2.24) is 0 Å². The van der Waals surface area contributed by atoms with Gasteiger partial charge in [0.15, 0.2) is 6.61 Å². The molecule has 0 fully saturated rings. The van der Waals surface area contributed by atoms with Crippen LogP contribution in [0.1, 0.15) is 10.4 Å². The molecular weight excluding hydrogens is 435 g/mol. The number of carbonyl (C=O) groups is 2. The van der Waals surface area contributed by atoms with Gasteiger partial charge in [0, 0.05) is 9.26 Å². The number of hydrogen-bond donors (Lipinski definition) is 1. The van der Waals surface area contributed by atoms with Crippen LogP contribution in [0, 0.1) is 3.57 Å². The summed E-state index contributed by atoms with van der Waals surface area (Å²) in [6, 6.07) is 12.1. The zero-order chi connectivity index (χ0) is 17.5. The maximum atomic E-state index is 12.0. The monoisotopic (exact) mass is 447 g/mol. The third-order valence-electron chi connectivity index (χ3n) is 2.78. The molecule has 2 aromatic rings. The van der Waals surface area contributed by atoms with Crippen LogP contribution in [0.5, 0.6) is 5.75 Å². The summed E-state index contributed by atoms with van der Waals surface area (Å²) < 4.78 is 34.1. The summed E-state index contributed by atoms with van der Waals surface area (Å²) in [4.78, 5) is 23.5. The van der Waals surface area contributed by atoms with Gasteiger partial charge in [0.05, 0.1) is 5.56 Å². The van der Waals surface area contributed by atoms with Crippen LogP contribution in [0.3, 0.4) is 0 Å². The van der Waals surface area contributed by atoms with Crippen LogP contribution < -0.4 is 10.1 Å². The Morgan fingerprint density at radius 3 is 2.25 bits per heavy atom. The molecule has 0 spiro atoms. The normalized spacial score (nSPS) is 10.3. The molecule has 1 amide bonds. The van der Waals surface area contributed by atoms with E-state index in [2.05, 4.69) is 32.6 Å². The number of rotatable bonds is 6. The van der Waals surface area contributed by atoms with Crippen molar-refractivity contribution < 1.29 is 27.8 Å². The highest BCUT2D eigenvalue weighted by Crippen LogP contribution is 2.15. The van der Waals surface area contributed by atoms with Gasteiger partial charge in [-0.05, 0) is 71.1 Å². The van der Waals surface area contributed by atoms with Crippen molar-refractivity contribution in [2.75, 3.05) is 11.9 Å². The Bertz CT molecular complexity index is 705. The van der Waals surface area contributed by atoms with Crippen molar-refractivity contribution in [2.24, 2.45) is 0 Å². The second-order valence-corrected chi connectivity index (χ2v) is 5.78. The molecule has 0 aliphatic carbocycles. The Labute approximate surface area is 150 Å². The van der Waals surface area contributed by atoms with Gasteiger partial charge >= 0.3 is 12.6 Å². The van der Waals surface area contributed by atoms with Gasteiger partial charge in [0.25, 0.3) is 5.91 Å². The fraction of sp³-hybridized carbons (Fsp3) is 0.125. The quantitative estimate of drug-likeness (QED) is 0.542. The fourth-order valence-electron chi connectivity index (χ4n) is 1.72. The predicted octanol–water partition coefficient (Wildman–Crippen LogP) is 3.69. The lowest BCUT2D eigenvalue weighted by atomic mass is 10.2. The van der Waals surface area contributed by atoms with Crippen molar-refractivity contribution in [3.05, 3.63) is 57.7 Å². The highest BCUT2D eigenvalue weighted by atomic mass is 127. The summed E-state index contributed by atoms with van der Waals surface area (Å²) in [6.07, 6.45) is 0. The first-order valence-electron chi connectivity index (χ1n) is 6.71. The lowest BCUT2D eigenvalue weighted by molar-refractivity contribution is -0.119. The molecule has 0 heterocycles. The van der Waals surface area contributed by atoms with Crippen molar-refractivity contribution in [3.8, 4) is 5.75 Å². The number of carbonyl (C=O) groups excluding carboxylic acids is 2. The minimum Gasteiger partial charge on any atom is -0.452 e. The van der Waals surface area contributed by atoms with Crippen LogP contribution in [0.4, 0.5) is 14.5 Å². The number of alkyl halides is 2. The number of hydrogen-bond acceptors (Lipinski definition) is 4. The van der Waals surface area contributed by atoms with Crippen molar-refractivity contribution in [1.29, 1.82) is 0 Å². The average Bonchev–Trinajstić information content (AvgIpc) is 2.55. The standard InChI is InChI=1S/C16H12F2INO4/c17-16(18)24-13-7-1-10(2-8-13)15(22)23-9-14(21)20-12-5-3-11(19)4-6-12/h1-8,16H,9H2,(H,20,21). The topological polar surface area (TPSA) is 64.6 Å². The molecule has 5 nitrogen and oxygen atoms in total. The number of ether oxygens (including phenoxy) is 2. The molecule has 126 valence electrons. The third-order valence-corrected chi connectivity index (χ3v) is 3.50. The van der Waals surface area contributed by atoms with Gasteiger partial charge in [-0.2, -0.15) is 8.78 Å². The van der Waals surface area contributed by atoms with E-state index in [4.69, 9.17) is 4.74 Å². The van der Waals surface area contributed by atoms with Gasteiger partial charge in [-0.25, -0.2) is 4.79 Å². The smallest absolute Gasteiger partial charge is 0.387 e. The minimum absolute atomic E-state index is 0.0713. The van der Waals surface area contributed by atoms with Gasteiger partial charge in [-0.1, -0.05) is 0 Å². The number of halogens is 3. The first-order chi connectivity index (χ1) is 11.4. The van der Waals surface area contributed by atoms with Crippen LogP contribution in [-0.4, -0.2) is 25.1 Å². The van der Waals surface area contributed by atoms with E-state index < -0.39 is 25.1 Å². The minimum atomic E-state index is -2.94. The van der Waals surface area contributed by atoms with E-state index >= 15 is 0 Å². The largest absolute Gasteiger partial charge is 0.452 e. The maximum Gasteiger partial charge on any atom is 0.387 e. The van der Waals surface area contributed by atoms with E-state index in [0.29, 0.717) is 5.69 Å². The summed E-state index contributed by atoms with van der Waals surface area (Å²) in [6.45, 7) is -3.40. The number of amides is 1. The molecule has 0 saturated carbocycles. The van der Waals surface area contributed by atoms with E-state index in [1.54, 1.807) is 12.1 Å². The van der Waals surface area contributed by atoms with Crippen LogP contribution in [0.25, 0.3) is 0 Å².